The van der Waals surface area contributed by atoms with Crippen molar-refractivity contribution in [2.24, 2.45) is 5.92 Å². The van der Waals surface area contributed by atoms with Crippen molar-refractivity contribution >= 4 is 17.5 Å². The van der Waals surface area contributed by atoms with E-state index in [0.717, 1.165) is 16.8 Å². The van der Waals surface area contributed by atoms with Crippen LogP contribution in [-0.4, -0.2) is 55.3 Å². The number of amides is 2. The fourth-order valence-corrected chi connectivity index (χ4v) is 4.25. The van der Waals surface area contributed by atoms with Crippen molar-refractivity contribution in [2.45, 2.75) is 38.9 Å². The van der Waals surface area contributed by atoms with Gasteiger partial charge in [-0.2, -0.15) is 0 Å². The summed E-state index contributed by atoms with van der Waals surface area (Å²) in [4.78, 5) is 29.2. The van der Waals surface area contributed by atoms with Gasteiger partial charge in [0.25, 0.3) is 0 Å². The Hall–Kier alpha value is -1.92. The average Bonchev–Trinajstić information content (AvgIpc) is 3.25. The van der Waals surface area contributed by atoms with Crippen LogP contribution in [0.2, 0.25) is 0 Å². The topological polar surface area (TPSA) is 59.1 Å². The summed E-state index contributed by atoms with van der Waals surface area (Å²) in [7, 11) is 0. The van der Waals surface area contributed by atoms with E-state index >= 15 is 0 Å². The number of hydrogen-bond acceptors (Lipinski definition) is 4. The molecule has 1 aromatic rings. The van der Waals surface area contributed by atoms with Crippen LogP contribution in [0, 0.1) is 19.8 Å². The molecule has 0 radical (unpaired) electrons. The summed E-state index contributed by atoms with van der Waals surface area (Å²) in [6.07, 6.45) is 1.71. The second-order valence-electron chi connectivity index (χ2n) is 7.56. The molecule has 1 aromatic carbocycles. The molecule has 3 saturated heterocycles. The van der Waals surface area contributed by atoms with E-state index in [1.54, 1.807) is 4.90 Å². The molecule has 2 amide bonds. The van der Waals surface area contributed by atoms with Gasteiger partial charge in [0.2, 0.25) is 11.8 Å². The monoisotopic (exact) mass is 358 g/mol. The second-order valence-corrected chi connectivity index (χ2v) is 7.56. The van der Waals surface area contributed by atoms with Gasteiger partial charge in [-0.1, -0.05) is 12.1 Å². The Balaban J connectivity index is 1.42. The first kappa shape index (κ1) is 17.5. The van der Waals surface area contributed by atoms with E-state index < -0.39 is 5.79 Å². The fourth-order valence-electron chi connectivity index (χ4n) is 4.25. The summed E-state index contributed by atoms with van der Waals surface area (Å²) in [5.41, 5.74) is 3.18. The highest BCUT2D eigenvalue weighted by molar-refractivity contribution is 6.00. The molecule has 3 aliphatic heterocycles. The van der Waals surface area contributed by atoms with Crippen LogP contribution in [0.15, 0.2) is 18.2 Å². The Morgan fingerprint density at radius 1 is 1.15 bits per heavy atom. The number of benzene rings is 1. The minimum atomic E-state index is -0.479. The summed E-state index contributed by atoms with van der Waals surface area (Å²) < 4.78 is 11.5. The third-order valence-corrected chi connectivity index (χ3v) is 5.99. The lowest BCUT2D eigenvalue weighted by molar-refractivity contribution is -0.188. The van der Waals surface area contributed by atoms with Crippen molar-refractivity contribution in [3.8, 4) is 0 Å². The first-order valence-corrected chi connectivity index (χ1v) is 9.42. The van der Waals surface area contributed by atoms with Gasteiger partial charge in [0.15, 0.2) is 5.79 Å². The number of rotatable bonds is 2. The highest BCUT2D eigenvalue weighted by atomic mass is 16.7. The molecule has 0 aromatic heterocycles. The highest BCUT2D eigenvalue weighted by Crippen LogP contribution is 2.34. The SMILES string of the molecule is Cc1cccc(N2CC(C(=O)N3CCC4(CC3)OCCO4)CC2=O)c1C. The zero-order valence-electron chi connectivity index (χ0n) is 15.5. The molecule has 3 heterocycles. The van der Waals surface area contributed by atoms with Crippen LogP contribution in [0.4, 0.5) is 5.69 Å². The van der Waals surface area contributed by atoms with Gasteiger partial charge >= 0.3 is 0 Å². The number of nitrogens with zero attached hydrogens (tertiary/aromatic N) is 2. The number of aryl methyl sites for hydroxylation is 1. The summed E-state index contributed by atoms with van der Waals surface area (Å²) in [6, 6.07) is 5.97. The molecule has 6 heteroatoms. The Bertz CT molecular complexity index is 717. The lowest BCUT2D eigenvalue weighted by Crippen LogP contribution is -2.49. The van der Waals surface area contributed by atoms with Crippen LogP contribution in [0.1, 0.15) is 30.4 Å². The molecule has 0 N–H and O–H groups in total. The van der Waals surface area contributed by atoms with Gasteiger partial charge in [0.05, 0.1) is 19.1 Å². The minimum absolute atomic E-state index is 0.0352. The lowest BCUT2D eigenvalue weighted by Gasteiger charge is -2.38. The van der Waals surface area contributed by atoms with Crippen LogP contribution in [0.5, 0.6) is 0 Å². The maximum Gasteiger partial charge on any atom is 0.228 e. The van der Waals surface area contributed by atoms with Crippen molar-refractivity contribution in [3.05, 3.63) is 29.3 Å². The molecule has 0 saturated carbocycles. The van der Waals surface area contributed by atoms with Gasteiger partial charge in [0.1, 0.15) is 0 Å². The molecule has 1 atom stereocenters. The van der Waals surface area contributed by atoms with E-state index in [2.05, 4.69) is 0 Å². The summed E-state index contributed by atoms with van der Waals surface area (Å²) in [5, 5.41) is 0. The number of carbonyl (C=O) groups is 2. The first-order chi connectivity index (χ1) is 12.5. The number of piperidine rings is 1. The predicted molar refractivity (Wildman–Crippen MR) is 96.8 cm³/mol. The van der Waals surface area contributed by atoms with Crippen LogP contribution < -0.4 is 4.90 Å². The van der Waals surface area contributed by atoms with Gasteiger partial charge in [-0.3, -0.25) is 9.59 Å². The van der Waals surface area contributed by atoms with Crippen molar-refractivity contribution in [1.29, 1.82) is 0 Å². The average molecular weight is 358 g/mol. The molecule has 1 spiro atoms. The highest BCUT2D eigenvalue weighted by Gasteiger charge is 2.43. The molecule has 26 heavy (non-hydrogen) atoms. The van der Waals surface area contributed by atoms with E-state index in [1.165, 1.54) is 0 Å². The minimum Gasteiger partial charge on any atom is -0.347 e. The van der Waals surface area contributed by atoms with Gasteiger partial charge in [-0.25, -0.2) is 0 Å². The molecule has 4 rings (SSSR count). The van der Waals surface area contributed by atoms with Gasteiger partial charge in [-0.15, -0.1) is 0 Å². The second kappa shape index (κ2) is 6.67. The predicted octanol–water partition coefficient (Wildman–Crippen LogP) is 2.02. The molecular formula is C20H26N2O4. The number of carbonyl (C=O) groups excluding carboxylic acids is 2. The van der Waals surface area contributed by atoms with Crippen LogP contribution in [0.25, 0.3) is 0 Å². The largest absolute Gasteiger partial charge is 0.347 e. The van der Waals surface area contributed by atoms with E-state index in [0.29, 0.717) is 52.1 Å². The Kier molecular flexibility index (Phi) is 4.49. The normalized spacial score (nSPS) is 25.3. The Labute approximate surface area is 154 Å². The summed E-state index contributed by atoms with van der Waals surface area (Å²) in [5.74, 6) is -0.624. The number of hydrogen-bond donors (Lipinski definition) is 0. The van der Waals surface area contributed by atoms with Gasteiger partial charge in [-0.05, 0) is 31.0 Å². The molecule has 0 aliphatic carbocycles. The Morgan fingerprint density at radius 2 is 1.85 bits per heavy atom. The van der Waals surface area contributed by atoms with Gasteiger partial charge < -0.3 is 19.3 Å². The Morgan fingerprint density at radius 3 is 2.54 bits per heavy atom. The third-order valence-electron chi connectivity index (χ3n) is 5.99. The van der Waals surface area contributed by atoms with Gasteiger partial charge in [0, 0.05) is 44.6 Å². The van der Waals surface area contributed by atoms with E-state index in [9.17, 15) is 9.59 Å². The number of ether oxygens (including phenoxy) is 2. The van der Waals surface area contributed by atoms with Crippen LogP contribution >= 0.6 is 0 Å². The van der Waals surface area contributed by atoms with Crippen LogP contribution in [-0.2, 0) is 19.1 Å². The maximum atomic E-state index is 12.9. The number of likely N-dealkylation sites (tertiary alicyclic amines) is 1. The molecule has 0 bridgehead atoms. The smallest absolute Gasteiger partial charge is 0.228 e. The fraction of sp³-hybridized carbons (Fsp3) is 0.600. The summed E-state index contributed by atoms with van der Waals surface area (Å²) in [6.45, 7) is 7.07. The zero-order chi connectivity index (χ0) is 18.3. The van der Waals surface area contributed by atoms with E-state index in [4.69, 9.17) is 9.47 Å². The molecule has 1 unspecified atom stereocenters. The molecular weight excluding hydrogens is 332 g/mol. The van der Waals surface area contributed by atoms with Crippen molar-refractivity contribution in [3.63, 3.8) is 0 Å². The molecule has 6 nitrogen and oxygen atoms in total. The van der Waals surface area contributed by atoms with E-state index in [1.807, 2.05) is 36.9 Å². The lowest BCUT2D eigenvalue weighted by atomic mass is 10.0. The number of anilines is 1. The van der Waals surface area contributed by atoms with Crippen molar-refractivity contribution < 1.29 is 19.1 Å². The molecule has 3 fully saturated rings. The first-order valence-electron chi connectivity index (χ1n) is 9.42. The molecule has 140 valence electrons. The van der Waals surface area contributed by atoms with Crippen LogP contribution in [0.3, 0.4) is 0 Å². The summed E-state index contributed by atoms with van der Waals surface area (Å²) >= 11 is 0. The van der Waals surface area contributed by atoms with Crippen molar-refractivity contribution in [1.82, 2.24) is 4.90 Å². The third kappa shape index (κ3) is 3.01. The zero-order valence-corrected chi connectivity index (χ0v) is 15.5. The standard InChI is InChI=1S/C20H26N2O4/c1-14-4-3-5-17(15(14)2)22-13-16(12-18(22)23)19(24)21-8-6-20(7-9-21)25-10-11-26-20/h3-5,16H,6-13H2,1-2H3. The quantitative estimate of drug-likeness (QED) is 0.812. The maximum absolute atomic E-state index is 12.9. The van der Waals surface area contributed by atoms with E-state index in [-0.39, 0.29) is 17.7 Å². The molecule has 3 aliphatic rings. The van der Waals surface area contributed by atoms with Crippen molar-refractivity contribution in [2.75, 3.05) is 37.7 Å².